The van der Waals surface area contributed by atoms with Gasteiger partial charge in [-0.15, -0.1) is 0 Å². The lowest BCUT2D eigenvalue weighted by Crippen LogP contribution is -2.65. The van der Waals surface area contributed by atoms with E-state index in [1.807, 2.05) is 0 Å². The summed E-state index contributed by atoms with van der Waals surface area (Å²) < 4.78 is 12.3. The van der Waals surface area contributed by atoms with Crippen molar-refractivity contribution in [3.8, 4) is 0 Å². The Morgan fingerprint density at radius 3 is 1.88 bits per heavy atom. The Bertz CT molecular complexity index is 216. The van der Waals surface area contributed by atoms with Gasteiger partial charge in [-0.2, -0.15) is 0 Å². The second kappa shape index (κ2) is 6.32. The molecule has 0 radical (unpaired) electrons. The minimum Gasteiger partial charge on any atom is -0.383 e. The fraction of sp³-hybridized carbons (Fsp3) is 1.00. The Morgan fingerprint density at radius 1 is 1.06 bits per heavy atom. The first kappa shape index (κ1) is 15.2. The van der Waals surface area contributed by atoms with Crippen molar-refractivity contribution in [1.82, 2.24) is 4.98 Å². The molecule has 0 aromatic carbocycles. The molecule has 1 N–H and O–H groups in total. The van der Waals surface area contributed by atoms with Crippen LogP contribution in [0, 0.1) is 0 Å². The predicted molar refractivity (Wildman–Crippen MR) is 74.1 cm³/mol. The maximum absolute atomic E-state index is 6.14. The molecule has 102 valence electrons. The van der Waals surface area contributed by atoms with Crippen molar-refractivity contribution in [2.24, 2.45) is 0 Å². The summed E-state index contributed by atoms with van der Waals surface area (Å²) in [5.41, 5.74) is 0.667. The van der Waals surface area contributed by atoms with Crippen LogP contribution in [0.15, 0.2) is 0 Å². The molecule has 1 aliphatic rings. The van der Waals surface area contributed by atoms with Gasteiger partial charge in [-0.05, 0) is 47.5 Å². The maximum atomic E-state index is 6.14. The molecule has 1 fully saturated rings. The summed E-state index contributed by atoms with van der Waals surface area (Å²) >= 11 is 0. The van der Waals surface area contributed by atoms with Gasteiger partial charge in [0.2, 0.25) is 0 Å². The van der Waals surface area contributed by atoms with E-state index in [1.165, 1.54) is 25.7 Å². The van der Waals surface area contributed by atoms with E-state index < -0.39 is 8.72 Å². The summed E-state index contributed by atoms with van der Waals surface area (Å²) in [4.78, 5) is 3.71. The highest BCUT2D eigenvalue weighted by molar-refractivity contribution is 6.66. The Labute approximate surface area is 108 Å². The first-order chi connectivity index (χ1) is 7.93. The van der Waals surface area contributed by atoms with Crippen LogP contribution < -0.4 is 4.98 Å². The van der Waals surface area contributed by atoms with Crippen LogP contribution in [-0.4, -0.2) is 27.5 Å². The fourth-order valence-electron chi connectivity index (χ4n) is 2.71. The van der Waals surface area contributed by atoms with Gasteiger partial charge in [-0.3, -0.25) is 4.98 Å². The molecule has 0 saturated heterocycles. The Kier molecular flexibility index (Phi) is 5.63. The molecule has 0 unspecified atom stereocenters. The largest absolute Gasteiger partial charge is 0.428 e. The van der Waals surface area contributed by atoms with E-state index in [0.717, 1.165) is 13.2 Å². The van der Waals surface area contributed by atoms with E-state index in [0.29, 0.717) is 5.54 Å². The van der Waals surface area contributed by atoms with Gasteiger partial charge >= 0.3 is 8.72 Å². The van der Waals surface area contributed by atoms with Crippen molar-refractivity contribution < 1.29 is 8.85 Å². The molecule has 4 heteroatoms. The molecule has 0 spiro atoms. The van der Waals surface area contributed by atoms with Crippen LogP contribution in [-0.2, 0) is 8.85 Å². The van der Waals surface area contributed by atoms with E-state index in [1.54, 1.807) is 0 Å². The summed E-state index contributed by atoms with van der Waals surface area (Å²) in [5, 5.41) is 0. The molecule has 1 aliphatic carbocycles. The van der Waals surface area contributed by atoms with Gasteiger partial charge in [0.05, 0.1) is 0 Å². The highest BCUT2D eigenvalue weighted by atomic mass is 28.4. The number of hydrogen-bond donors (Lipinski definition) is 1. The topological polar surface area (TPSA) is 30.5 Å². The van der Waals surface area contributed by atoms with Gasteiger partial charge in [-0.1, -0.05) is 12.8 Å². The average molecular weight is 259 g/mol. The molecule has 1 rings (SSSR count). The van der Waals surface area contributed by atoms with Crippen LogP contribution >= 0.6 is 0 Å². The van der Waals surface area contributed by atoms with E-state index in [4.69, 9.17) is 8.85 Å². The van der Waals surface area contributed by atoms with Crippen LogP contribution in [0.5, 0.6) is 0 Å². The minimum absolute atomic E-state index is 0.0547. The lowest BCUT2D eigenvalue weighted by atomic mass is 10.1. The van der Waals surface area contributed by atoms with Gasteiger partial charge in [0, 0.05) is 24.3 Å². The molecule has 0 bridgehead atoms. The Hall–Kier alpha value is 0.0969. The highest BCUT2D eigenvalue weighted by Crippen LogP contribution is 2.39. The molecular weight excluding hydrogens is 230 g/mol. The molecule has 0 amide bonds. The zero-order valence-electron chi connectivity index (χ0n) is 12.1. The summed E-state index contributed by atoms with van der Waals surface area (Å²) in [6.45, 7) is 12.2. The van der Waals surface area contributed by atoms with Crippen LogP contribution in [0.3, 0.4) is 0 Å². The predicted octanol–water partition coefficient (Wildman–Crippen LogP) is 3.33. The van der Waals surface area contributed by atoms with E-state index >= 15 is 0 Å². The van der Waals surface area contributed by atoms with Crippen molar-refractivity contribution in [3.05, 3.63) is 0 Å². The first-order valence-electron chi connectivity index (χ1n) is 7.00. The zero-order chi connectivity index (χ0) is 12.9. The first-order valence-corrected chi connectivity index (χ1v) is 8.90. The van der Waals surface area contributed by atoms with E-state index in [9.17, 15) is 0 Å². The van der Waals surface area contributed by atoms with Crippen LogP contribution in [0.1, 0.15) is 60.3 Å². The molecule has 0 aromatic heterocycles. The number of nitrogens with one attached hydrogen (secondary N) is 1. The van der Waals surface area contributed by atoms with Crippen molar-refractivity contribution in [3.63, 3.8) is 0 Å². The normalized spacial score (nSPS) is 18.9. The lowest BCUT2D eigenvalue weighted by molar-refractivity contribution is 0.149. The third kappa shape index (κ3) is 4.36. The second-order valence-electron chi connectivity index (χ2n) is 5.89. The summed E-state index contributed by atoms with van der Waals surface area (Å²) in [7, 11) is -2.25. The smallest absolute Gasteiger partial charge is 0.383 e. The van der Waals surface area contributed by atoms with Crippen LogP contribution in [0.2, 0.25) is 5.54 Å². The summed E-state index contributed by atoms with van der Waals surface area (Å²) in [6, 6.07) is 0. The molecule has 3 nitrogen and oxygen atoms in total. The summed E-state index contributed by atoms with van der Waals surface area (Å²) in [5.74, 6) is 0. The average Bonchev–Trinajstić information content (AvgIpc) is 2.68. The van der Waals surface area contributed by atoms with Crippen molar-refractivity contribution in [2.75, 3.05) is 13.2 Å². The van der Waals surface area contributed by atoms with Crippen molar-refractivity contribution in [2.45, 2.75) is 71.4 Å². The van der Waals surface area contributed by atoms with Gasteiger partial charge in [-0.25, -0.2) is 0 Å². The van der Waals surface area contributed by atoms with Gasteiger partial charge < -0.3 is 8.85 Å². The molecule has 17 heavy (non-hydrogen) atoms. The second-order valence-corrected chi connectivity index (χ2v) is 8.87. The number of rotatable bonds is 6. The quantitative estimate of drug-likeness (QED) is 0.742. The van der Waals surface area contributed by atoms with Crippen LogP contribution in [0.25, 0.3) is 0 Å². The van der Waals surface area contributed by atoms with Crippen LogP contribution in [0.4, 0.5) is 0 Å². The lowest BCUT2D eigenvalue weighted by Gasteiger charge is -2.40. The Morgan fingerprint density at radius 2 is 1.53 bits per heavy atom. The fourth-order valence-corrected chi connectivity index (χ4v) is 6.68. The third-order valence-corrected chi connectivity index (χ3v) is 7.35. The third-order valence-electron chi connectivity index (χ3n) is 3.16. The van der Waals surface area contributed by atoms with E-state index in [-0.39, 0.29) is 5.54 Å². The molecule has 0 aliphatic heterocycles. The molecular formula is C13H29NO2Si. The Balaban J connectivity index is 2.84. The standard InChI is InChI=1S/C13H29NO2Si/c1-6-15-17(16-7-2,14-13(3,4)5)12-10-8-9-11-12/h12,14H,6-11H2,1-5H3. The molecule has 0 atom stereocenters. The van der Waals surface area contributed by atoms with Gasteiger partial charge in [0.1, 0.15) is 0 Å². The molecule has 1 saturated carbocycles. The van der Waals surface area contributed by atoms with Crippen molar-refractivity contribution >= 4 is 8.72 Å². The maximum Gasteiger partial charge on any atom is 0.428 e. The number of hydrogen-bond acceptors (Lipinski definition) is 3. The van der Waals surface area contributed by atoms with Gasteiger partial charge in [0.25, 0.3) is 0 Å². The SMILES string of the molecule is CCO[Si](NC(C)(C)C)(OCC)C1CCCC1. The molecule has 0 aromatic rings. The van der Waals surface area contributed by atoms with E-state index in [2.05, 4.69) is 39.6 Å². The van der Waals surface area contributed by atoms with Crippen molar-refractivity contribution in [1.29, 1.82) is 0 Å². The van der Waals surface area contributed by atoms with Gasteiger partial charge in [0.15, 0.2) is 0 Å². The minimum atomic E-state index is -2.25. The highest BCUT2D eigenvalue weighted by Gasteiger charge is 2.49. The summed E-state index contributed by atoms with van der Waals surface area (Å²) in [6.07, 6.45) is 5.17. The molecule has 0 heterocycles. The zero-order valence-corrected chi connectivity index (χ0v) is 13.1. The monoisotopic (exact) mass is 259 g/mol.